The highest BCUT2D eigenvalue weighted by Gasteiger charge is 2.20. The second kappa shape index (κ2) is 11.8. The van der Waals surface area contributed by atoms with Crippen molar-refractivity contribution < 1.29 is 19.2 Å². The lowest BCUT2D eigenvalue weighted by Gasteiger charge is -2.13. The Balaban J connectivity index is 2.37. The summed E-state index contributed by atoms with van der Waals surface area (Å²) < 4.78 is 5.19. The number of amides is 1. The van der Waals surface area contributed by atoms with Gasteiger partial charge in [0, 0.05) is 35.9 Å². The van der Waals surface area contributed by atoms with Crippen LogP contribution in [0.1, 0.15) is 16.7 Å². The summed E-state index contributed by atoms with van der Waals surface area (Å²) in [5.74, 6) is -0.436. The summed E-state index contributed by atoms with van der Waals surface area (Å²) >= 11 is 18.7. The summed E-state index contributed by atoms with van der Waals surface area (Å²) in [4.78, 5) is 22.6. The van der Waals surface area contributed by atoms with Gasteiger partial charge in [0.1, 0.15) is 19.4 Å². The van der Waals surface area contributed by atoms with Crippen molar-refractivity contribution in [3.05, 3.63) is 68.2 Å². The van der Waals surface area contributed by atoms with E-state index < -0.39 is 5.91 Å². The van der Waals surface area contributed by atoms with E-state index >= 15 is 0 Å². The van der Waals surface area contributed by atoms with Crippen LogP contribution in [-0.2, 0) is 25.8 Å². The first-order chi connectivity index (χ1) is 14.4. The molecule has 0 atom stereocenters. The van der Waals surface area contributed by atoms with Gasteiger partial charge in [0.05, 0.1) is 16.7 Å². The van der Waals surface area contributed by atoms with E-state index in [4.69, 9.17) is 49.2 Å². The number of carbonyl (C=O) groups excluding carboxylic acids is 1. The molecule has 0 saturated carbocycles. The average molecular weight is 473 g/mol. The van der Waals surface area contributed by atoms with Gasteiger partial charge in [-0.3, -0.25) is 4.79 Å². The lowest BCUT2D eigenvalue weighted by Crippen LogP contribution is -2.29. The zero-order valence-corrected chi connectivity index (χ0v) is 18.8. The Morgan fingerprint density at radius 3 is 2.30 bits per heavy atom. The van der Waals surface area contributed by atoms with Crippen LogP contribution in [0.3, 0.4) is 0 Å². The summed E-state index contributed by atoms with van der Waals surface area (Å²) in [6.07, 6.45) is 0. The van der Waals surface area contributed by atoms with Gasteiger partial charge in [-0.25, -0.2) is 0 Å². The molecule has 0 aromatic heterocycles. The van der Waals surface area contributed by atoms with Gasteiger partial charge in [-0.1, -0.05) is 69.4 Å². The summed E-state index contributed by atoms with van der Waals surface area (Å²) in [6, 6.07) is 10.2. The molecule has 1 N–H and O–H groups in total. The van der Waals surface area contributed by atoms with Crippen LogP contribution < -0.4 is 5.32 Å². The molecule has 2 aromatic rings. The van der Waals surface area contributed by atoms with E-state index in [2.05, 4.69) is 15.6 Å². The summed E-state index contributed by atoms with van der Waals surface area (Å²) in [5, 5.41) is 11.6. The molecule has 30 heavy (non-hydrogen) atoms. The van der Waals surface area contributed by atoms with E-state index in [1.54, 1.807) is 36.4 Å². The third-order valence-corrected chi connectivity index (χ3v) is 5.10. The molecule has 10 heteroatoms. The minimum atomic E-state index is -0.436. The number of rotatable bonds is 9. The number of ether oxygens (including phenoxy) is 1. The highest BCUT2D eigenvalue weighted by Crippen LogP contribution is 2.27. The number of nitrogens with one attached hydrogen (secondary N) is 1. The fourth-order valence-electron chi connectivity index (χ4n) is 2.54. The molecule has 0 fully saturated rings. The predicted octanol–water partition coefficient (Wildman–Crippen LogP) is 4.31. The van der Waals surface area contributed by atoms with E-state index in [0.29, 0.717) is 37.5 Å². The van der Waals surface area contributed by atoms with Crippen LogP contribution in [0.5, 0.6) is 0 Å². The lowest BCUT2D eigenvalue weighted by molar-refractivity contribution is -0.114. The summed E-state index contributed by atoms with van der Waals surface area (Å²) in [6.45, 7) is 0.101. The van der Waals surface area contributed by atoms with Crippen LogP contribution in [0.4, 0.5) is 0 Å². The predicted molar refractivity (Wildman–Crippen MR) is 119 cm³/mol. The number of likely N-dealkylation sites (N-methyl/N-ethyl adjacent to an activating group) is 1. The van der Waals surface area contributed by atoms with Crippen molar-refractivity contribution >= 4 is 52.1 Å². The molecule has 0 bridgehead atoms. The third kappa shape index (κ3) is 5.86. The Labute approximate surface area is 189 Å². The number of halogens is 3. The SMILES string of the molecule is CNC(=O)/C(=N/OC)c1cccc(Cl)c1CO/N=C(\COC)c1cccc(Cl)c1Cl. The fraction of sp³-hybridized carbons (Fsp3) is 0.250. The van der Waals surface area contributed by atoms with Gasteiger partial charge in [-0.05, 0) is 12.1 Å². The van der Waals surface area contributed by atoms with E-state index in [1.165, 1.54) is 21.3 Å². The molecule has 0 aliphatic carbocycles. The first-order valence-corrected chi connectivity index (χ1v) is 9.81. The Hall–Kier alpha value is -2.32. The molecule has 7 nitrogen and oxygen atoms in total. The number of methoxy groups -OCH3 is 1. The molecule has 0 aliphatic rings. The van der Waals surface area contributed by atoms with Gasteiger partial charge < -0.3 is 19.7 Å². The van der Waals surface area contributed by atoms with Crippen LogP contribution in [-0.4, -0.2) is 45.2 Å². The minimum Gasteiger partial charge on any atom is -0.398 e. The average Bonchev–Trinajstić information content (AvgIpc) is 2.74. The maximum absolute atomic E-state index is 12.2. The van der Waals surface area contributed by atoms with Gasteiger partial charge in [0.15, 0.2) is 5.71 Å². The van der Waals surface area contributed by atoms with Crippen molar-refractivity contribution in [2.45, 2.75) is 6.61 Å². The number of oxime groups is 2. The molecular weight excluding hydrogens is 453 g/mol. The standard InChI is InChI=1S/C20H20Cl3N3O4/c1-24-20(27)19(26-29-3)12-6-4-8-15(21)14(12)10-30-25-17(11-28-2)13-7-5-9-16(22)18(13)23/h4-9H,10-11H2,1-3H3,(H,24,27)/b25-17+,26-19+. The van der Waals surface area contributed by atoms with E-state index in [-0.39, 0.29) is 18.9 Å². The van der Waals surface area contributed by atoms with Gasteiger partial charge >= 0.3 is 0 Å². The van der Waals surface area contributed by atoms with Crippen LogP contribution in [0.25, 0.3) is 0 Å². The zero-order chi connectivity index (χ0) is 22.1. The molecule has 2 aromatic carbocycles. The quantitative estimate of drug-likeness (QED) is 0.435. The first-order valence-electron chi connectivity index (χ1n) is 8.67. The molecule has 1 amide bonds. The van der Waals surface area contributed by atoms with Crippen LogP contribution in [0, 0.1) is 0 Å². The first kappa shape index (κ1) is 24.0. The summed E-state index contributed by atoms with van der Waals surface area (Å²) in [5.41, 5.74) is 2.04. The molecule has 2 rings (SSSR count). The Kier molecular flexibility index (Phi) is 9.39. The van der Waals surface area contributed by atoms with Crippen LogP contribution in [0.2, 0.25) is 15.1 Å². The van der Waals surface area contributed by atoms with Crippen molar-refractivity contribution in [1.29, 1.82) is 0 Å². The largest absolute Gasteiger partial charge is 0.398 e. The number of hydrogen-bond acceptors (Lipinski definition) is 6. The van der Waals surface area contributed by atoms with Crippen molar-refractivity contribution in [3.63, 3.8) is 0 Å². The van der Waals surface area contributed by atoms with E-state index in [1.807, 2.05) is 0 Å². The van der Waals surface area contributed by atoms with Gasteiger partial charge in [-0.15, -0.1) is 0 Å². The molecule has 0 saturated heterocycles. The highest BCUT2D eigenvalue weighted by atomic mass is 35.5. The Morgan fingerprint density at radius 2 is 1.67 bits per heavy atom. The van der Waals surface area contributed by atoms with E-state index in [9.17, 15) is 4.79 Å². The van der Waals surface area contributed by atoms with Crippen molar-refractivity contribution in [3.8, 4) is 0 Å². The number of hydrogen-bond donors (Lipinski definition) is 1. The number of carbonyl (C=O) groups is 1. The maximum Gasteiger partial charge on any atom is 0.273 e. The molecule has 0 aliphatic heterocycles. The van der Waals surface area contributed by atoms with E-state index in [0.717, 1.165) is 0 Å². The maximum atomic E-state index is 12.2. The normalized spacial score (nSPS) is 11.9. The van der Waals surface area contributed by atoms with Gasteiger partial charge in [0.25, 0.3) is 5.91 Å². The molecule has 0 unspecified atom stereocenters. The number of nitrogens with zero attached hydrogens (tertiary/aromatic N) is 2. The fourth-order valence-corrected chi connectivity index (χ4v) is 3.18. The second-order valence-corrected chi connectivity index (χ2v) is 7.01. The molecule has 160 valence electrons. The molecule has 0 heterocycles. The lowest BCUT2D eigenvalue weighted by atomic mass is 10.0. The summed E-state index contributed by atoms with van der Waals surface area (Å²) in [7, 11) is 4.36. The zero-order valence-electron chi connectivity index (χ0n) is 16.5. The van der Waals surface area contributed by atoms with Crippen molar-refractivity contribution in [2.24, 2.45) is 10.3 Å². The molecular formula is C20H20Cl3N3O4. The van der Waals surface area contributed by atoms with Crippen molar-refractivity contribution in [1.82, 2.24) is 5.32 Å². The number of benzene rings is 2. The molecule has 0 spiro atoms. The smallest absolute Gasteiger partial charge is 0.273 e. The van der Waals surface area contributed by atoms with Crippen molar-refractivity contribution in [2.75, 3.05) is 27.9 Å². The topological polar surface area (TPSA) is 81.5 Å². The minimum absolute atomic E-state index is 0.0415. The van der Waals surface area contributed by atoms with Crippen LogP contribution in [0.15, 0.2) is 46.7 Å². The highest BCUT2D eigenvalue weighted by molar-refractivity contribution is 6.46. The van der Waals surface area contributed by atoms with Crippen LogP contribution >= 0.6 is 34.8 Å². The third-order valence-electron chi connectivity index (χ3n) is 3.93. The van der Waals surface area contributed by atoms with Gasteiger partial charge in [-0.2, -0.15) is 0 Å². The monoisotopic (exact) mass is 471 g/mol. The Morgan fingerprint density at radius 1 is 1.00 bits per heavy atom. The van der Waals surface area contributed by atoms with Gasteiger partial charge in [0.2, 0.25) is 0 Å². The molecule has 0 radical (unpaired) electrons. The Bertz CT molecular complexity index is 964. The second-order valence-electron chi connectivity index (χ2n) is 5.81.